The van der Waals surface area contributed by atoms with Crippen molar-refractivity contribution in [2.75, 3.05) is 6.54 Å². The number of aromatic nitrogens is 1. The number of pyridine rings is 1. The molecule has 0 aliphatic heterocycles. The van der Waals surface area contributed by atoms with Crippen molar-refractivity contribution in [3.63, 3.8) is 0 Å². The molecule has 0 amide bonds. The molecule has 0 fully saturated rings. The van der Waals surface area contributed by atoms with E-state index in [1.165, 1.54) is 21.2 Å². The van der Waals surface area contributed by atoms with Gasteiger partial charge in [-0.3, -0.25) is 4.98 Å². The van der Waals surface area contributed by atoms with Crippen molar-refractivity contribution in [3.8, 4) is 0 Å². The Morgan fingerprint density at radius 1 is 1.19 bits per heavy atom. The van der Waals surface area contributed by atoms with Gasteiger partial charge in [0.1, 0.15) is 0 Å². The molecule has 0 saturated carbocycles. The molecule has 0 bridgehead atoms. The Hall–Kier alpha value is -1.19. The van der Waals surface area contributed by atoms with E-state index in [4.69, 9.17) is 0 Å². The smallest absolute Gasteiger partial charge is 0.0389 e. The van der Waals surface area contributed by atoms with Crippen molar-refractivity contribution in [2.24, 2.45) is 0 Å². The summed E-state index contributed by atoms with van der Waals surface area (Å²) in [5, 5.41) is 3.71. The molecule has 1 N–H and O–H groups in total. The minimum absolute atomic E-state index is 0.310. The van der Waals surface area contributed by atoms with Crippen LogP contribution in [0.3, 0.4) is 0 Å². The molecular formula is C18H23BrN2. The second-order valence-corrected chi connectivity index (χ2v) is 6.31. The molecule has 0 radical (unpaired) electrons. The van der Waals surface area contributed by atoms with Crippen molar-refractivity contribution in [3.05, 3.63) is 63.9 Å². The second kappa shape index (κ2) is 7.71. The first-order chi connectivity index (χ1) is 10.1. The molecule has 2 atom stereocenters. The van der Waals surface area contributed by atoms with Crippen LogP contribution in [0, 0.1) is 6.92 Å². The highest BCUT2D eigenvalue weighted by atomic mass is 79.9. The fourth-order valence-corrected chi connectivity index (χ4v) is 3.06. The van der Waals surface area contributed by atoms with Crippen LogP contribution in [0.2, 0.25) is 0 Å². The van der Waals surface area contributed by atoms with Gasteiger partial charge in [0.15, 0.2) is 0 Å². The first-order valence-corrected chi connectivity index (χ1v) is 8.32. The van der Waals surface area contributed by atoms with Gasteiger partial charge in [0.2, 0.25) is 0 Å². The maximum Gasteiger partial charge on any atom is 0.0389 e. The minimum Gasteiger partial charge on any atom is -0.309 e. The number of hydrogen-bond acceptors (Lipinski definition) is 2. The maximum absolute atomic E-state index is 4.13. The van der Waals surface area contributed by atoms with E-state index in [0.717, 1.165) is 13.0 Å². The van der Waals surface area contributed by atoms with E-state index in [1.807, 2.05) is 12.4 Å². The normalized spacial score (nSPS) is 13.9. The van der Waals surface area contributed by atoms with Crippen LogP contribution in [0.25, 0.3) is 0 Å². The SMILES string of the molecule is CCCNC(c1cccc(Br)c1C)C(C)c1ccncc1. The van der Waals surface area contributed by atoms with Gasteiger partial charge >= 0.3 is 0 Å². The summed E-state index contributed by atoms with van der Waals surface area (Å²) in [7, 11) is 0. The lowest BCUT2D eigenvalue weighted by molar-refractivity contribution is 0.464. The summed E-state index contributed by atoms with van der Waals surface area (Å²) < 4.78 is 1.17. The van der Waals surface area contributed by atoms with Gasteiger partial charge in [0, 0.05) is 28.8 Å². The van der Waals surface area contributed by atoms with Gasteiger partial charge in [-0.25, -0.2) is 0 Å². The molecule has 3 heteroatoms. The average Bonchev–Trinajstić information content (AvgIpc) is 2.52. The Bertz CT molecular complexity index is 569. The van der Waals surface area contributed by atoms with Crippen LogP contribution in [0.15, 0.2) is 47.2 Å². The quantitative estimate of drug-likeness (QED) is 0.796. The molecule has 1 aromatic carbocycles. The number of halogens is 1. The van der Waals surface area contributed by atoms with Crippen molar-refractivity contribution in [1.29, 1.82) is 0 Å². The molecule has 1 aromatic heterocycles. The van der Waals surface area contributed by atoms with E-state index >= 15 is 0 Å². The zero-order valence-corrected chi connectivity index (χ0v) is 14.5. The molecule has 0 spiro atoms. The van der Waals surface area contributed by atoms with E-state index in [0.29, 0.717) is 12.0 Å². The molecule has 21 heavy (non-hydrogen) atoms. The zero-order valence-electron chi connectivity index (χ0n) is 12.9. The van der Waals surface area contributed by atoms with Crippen LogP contribution >= 0.6 is 15.9 Å². The van der Waals surface area contributed by atoms with Gasteiger partial charge in [-0.1, -0.05) is 41.9 Å². The standard InChI is InChI=1S/C18H23BrN2/c1-4-10-21-18(13(2)15-8-11-20-12-9-15)16-6-5-7-17(19)14(16)3/h5-9,11-13,18,21H,4,10H2,1-3H3. The van der Waals surface area contributed by atoms with E-state index in [9.17, 15) is 0 Å². The zero-order chi connectivity index (χ0) is 15.2. The molecule has 2 nitrogen and oxygen atoms in total. The third-order valence-corrected chi connectivity index (χ3v) is 4.85. The molecule has 0 saturated heterocycles. The number of nitrogens with zero attached hydrogens (tertiary/aromatic N) is 1. The van der Waals surface area contributed by atoms with Crippen LogP contribution in [0.5, 0.6) is 0 Å². The van der Waals surface area contributed by atoms with Crippen molar-refractivity contribution in [1.82, 2.24) is 10.3 Å². The highest BCUT2D eigenvalue weighted by Gasteiger charge is 2.22. The lowest BCUT2D eigenvalue weighted by atomic mass is 9.87. The molecule has 2 rings (SSSR count). The summed E-state index contributed by atoms with van der Waals surface area (Å²) in [6, 6.07) is 11.0. The average molecular weight is 347 g/mol. The van der Waals surface area contributed by atoms with Crippen LogP contribution in [0.1, 0.15) is 48.9 Å². The van der Waals surface area contributed by atoms with E-state index in [2.05, 4.69) is 77.3 Å². The molecule has 1 heterocycles. The molecule has 0 aliphatic rings. The highest BCUT2D eigenvalue weighted by Crippen LogP contribution is 2.34. The van der Waals surface area contributed by atoms with Gasteiger partial charge in [0.05, 0.1) is 0 Å². The second-order valence-electron chi connectivity index (χ2n) is 5.46. The van der Waals surface area contributed by atoms with E-state index in [-0.39, 0.29) is 0 Å². The number of rotatable bonds is 6. The predicted molar refractivity (Wildman–Crippen MR) is 92.6 cm³/mol. The molecule has 112 valence electrons. The van der Waals surface area contributed by atoms with Crippen LogP contribution < -0.4 is 5.32 Å². The van der Waals surface area contributed by atoms with E-state index in [1.54, 1.807) is 0 Å². The van der Waals surface area contributed by atoms with Crippen molar-refractivity contribution in [2.45, 2.75) is 39.2 Å². The number of nitrogens with one attached hydrogen (secondary N) is 1. The highest BCUT2D eigenvalue weighted by molar-refractivity contribution is 9.10. The molecule has 2 unspecified atom stereocenters. The Morgan fingerprint density at radius 3 is 2.57 bits per heavy atom. The Labute approximate surface area is 136 Å². The van der Waals surface area contributed by atoms with Crippen LogP contribution in [-0.2, 0) is 0 Å². The largest absolute Gasteiger partial charge is 0.309 e. The summed E-state index contributed by atoms with van der Waals surface area (Å²) in [6.45, 7) is 7.68. The van der Waals surface area contributed by atoms with Crippen molar-refractivity contribution < 1.29 is 0 Å². The maximum atomic E-state index is 4.13. The monoisotopic (exact) mass is 346 g/mol. The number of hydrogen-bond donors (Lipinski definition) is 1. The van der Waals surface area contributed by atoms with Gasteiger partial charge in [0.25, 0.3) is 0 Å². The van der Waals surface area contributed by atoms with Crippen LogP contribution in [-0.4, -0.2) is 11.5 Å². The molecule has 0 aliphatic carbocycles. The van der Waals surface area contributed by atoms with Crippen LogP contribution in [0.4, 0.5) is 0 Å². The lowest BCUT2D eigenvalue weighted by Gasteiger charge is -2.28. The van der Waals surface area contributed by atoms with Gasteiger partial charge in [-0.05, 0) is 54.8 Å². The van der Waals surface area contributed by atoms with Gasteiger partial charge < -0.3 is 5.32 Å². The Kier molecular flexibility index (Phi) is 5.95. The fraction of sp³-hybridized carbons (Fsp3) is 0.389. The summed E-state index contributed by atoms with van der Waals surface area (Å²) >= 11 is 3.65. The minimum atomic E-state index is 0.310. The first kappa shape index (κ1) is 16.2. The summed E-state index contributed by atoms with van der Waals surface area (Å²) in [4.78, 5) is 4.13. The fourth-order valence-electron chi connectivity index (χ4n) is 2.68. The molecule has 2 aromatic rings. The predicted octanol–water partition coefficient (Wildman–Crippen LogP) is 5.00. The summed E-state index contributed by atoms with van der Waals surface area (Å²) in [6.07, 6.45) is 4.87. The van der Waals surface area contributed by atoms with Crippen molar-refractivity contribution >= 4 is 15.9 Å². The summed E-state index contributed by atoms with van der Waals surface area (Å²) in [5.74, 6) is 0.396. The van der Waals surface area contributed by atoms with Gasteiger partial charge in [-0.15, -0.1) is 0 Å². The first-order valence-electron chi connectivity index (χ1n) is 7.53. The summed E-state index contributed by atoms with van der Waals surface area (Å²) in [5.41, 5.74) is 3.99. The lowest BCUT2D eigenvalue weighted by Crippen LogP contribution is -2.27. The Morgan fingerprint density at radius 2 is 1.90 bits per heavy atom. The topological polar surface area (TPSA) is 24.9 Å². The van der Waals surface area contributed by atoms with E-state index < -0.39 is 0 Å². The number of benzene rings is 1. The molecular weight excluding hydrogens is 324 g/mol. The Balaban J connectivity index is 2.36. The van der Waals surface area contributed by atoms with Gasteiger partial charge in [-0.2, -0.15) is 0 Å². The third kappa shape index (κ3) is 3.92. The third-order valence-electron chi connectivity index (χ3n) is 3.99.